The first-order valence-electron chi connectivity index (χ1n) is 7.80. The van der Waals surface area contributed by atoms with Crippen molar-refractivity contribution in [1.82, 2.24) is 20.1 Å². The lowest BCUT2D eigenvalue weighted by molar-refractivity contribution is 0.463. The third-order valence-corrected chi connectivity index (χ3v) is 5.52. The summed E-state index contributed by atoms with van der Waals surface area (Å²) in [5, 5.41) is 11.5. The minimum absolute atomic E-state index is 0.487. The van der Waals surface area contributed by atoms with Gasteiger partial charge in [0.2, 0.25) is 0 Å². The van der Waals surface area contributed by atoms with Crippen molar-refractivity contribution in [2.75, 3.05) is 0 Å². The van der Waals surface area contributed by atoms with Crippen LogP contribution in [-0.2, 0) is 20.0 Å². The van der Waals surface area contributed by atoms with Crippen molar-refractivity contribution < 1.29 is 0 Å². The van der Waals surface area contributed by atoms with E-state index >= 15 is 0 Å². The maximum atomic E-state index is 4.56. The van der Waals surface area contributed by atoms with Crippen LogP contribution in [0.25, 0.3) is 11.0 Å². The average molecular weight is 312 g/mol. The molecule has 114 valence electrons. The van der Waals surface area contributed by atoms with Crippen molar-refractivity contribution in [1.29, 1.82) is 0 Å². The van der Waals surface area contributed by atoms with Crippen LogP contribution in [0.4, 0.5) is 0 Å². The Bertz CT molecular complexity index is 817. The molecule has 4 rings (SSSR count). The molecule has 1 N–H and O–H groups in total. The third kappa shape index (κ3) is 2.34. The van der Waals surface area contributed by atoms with Crippen molar-refractivity contribution in [3.63, 3.8) is 0 Å². The molecule has 0 fully saturated rings. The summed E-state index contributed by atoms with van der Waals surface area (Å²) in [5.74, 6) is 0. The van der Waals surface area contributed by atoms with Crippen LogP contribution in [0.3, 0.4) is 0 Å². The van der Waals surface area contributed by atoms with Crippen molar-refractivity contribution in [2.24, 2.45) is 7.05 Å². The highest BCUT2D eigenvalue weighted by molar-refractivity contribution is 7.10. The third-order valence-electron chi connectivity index (χ3n) is 4.52. The Morgan fingerprint density at radius 3 is 3.27 bits per heavy atom. The zero-order valence-electron chi connectivity index (χ0n) is 13.0. The zero-order valence-corrected chi connectivity index (χ0v) is 13.8. The maximum Gasteiger partial charge on any atom is 0.157 e. The summed E-state index contributed by atoms with van der Waals surface area (Å²) in [6.07, 6.45) is 5.72. The number of nitrogens with one attached hydrogen (secondary N) is 1. The molecule has 0 saturated heterocycles. The normalized spacial score (nSPS) is 17.8. The van der Waals surface area contributed by atoms with E-state index < -0.39 is 0 Å². The Hall–Kier alpha value is -1.72. The Morgan fingerprint density at radius 1 is 1.45 bits per heavy atom. The van der Waals surface area contributed by atoms with Gasteiger partial charge in [-0.2, -0.15) is 5.10 Å². The van der Waals surface area contributed by atoms with Gasteiger partial charge < -0.3 is 5.32 Å². The predicted molar refractivity (Wildman–Crippen MR) is 90.1 cm³/mol. The molecule has 0 aliphatic heterocycles. The van der Waals surface area contributed by atoms with Crippen LogP contribution in [0, 0.1) is 6.92 Å². The van der Waals surface area contributed by atoms with Gasteiger partial charge >= 0.3 is 0 Å². The van der Waals surface area contributed by atoms with Crippen LogP contribution in [-0.4, -0.2) is 14.8 Å². The molecule has 22 heavy (non-hydrogen) atoms. The first-order valence-corrected chi connectivity index (χ1v) is 8.68. The molecule has 0 saturated carbocycles. The highest BCUT2D eigenvalue weighted by Gasteiger charge is 2.20. The average Bonchev–Trinajstić information content (AvgIpc) is 3.11. The quantitative estimate of drug-likeness (QED) is 0.805. The summed E-state index contributed by atoms with van der Waals surface area (Å²) in [5.41, 5.74) is 4.73. The lowest BCUT2D eigenvalue weighted by atomic mass is 9.94. The van der Waals surface area contributed by atoms with E-state index in [1.54, 1.807) is 4.88 Å². The van der Waals surface area contributed by atoms with E-state index in [9.17, 15) is 0 Å². The number of hydrogen-bond acceptors (Lipinski definition) is 4. The molecule has 1 atom stereocenters. The van der Waals surface area contributed by atoms with Crippen LogP contribution in [0.2, 0.25) is 0 Å². The second-order valence-corrected chi connectivity index (χ2v) is 7.05. The minimum Gasteiger partial charge on any atom is -0.306 e. The molecule has 0 bridgehead atoms. The molecule has 5 heteroatoms. The summed E-state index contributed by atoms with van der Waals surface area (Å²) in [6, 6.07) is 4.99. The molecule has 3 aromatic heterocycles. The lowest BCUT2D eigenvalue weighted by Crippen LogP contribution is -2.23. The number of rotatable bonds is 3. The maximum absolute atomic E-state index is 4.56. The molecule has 1 aliphatic rings. The second-order valence-electron chi connectivity index (χ2n) is 6.05. The molecular weight excluding hydrogens is 292 g/mol. The van der Waals surface area contributed by atoms with Crippen LogP contribution in [0.15, 0.2) is 23.7 Å². The molecule has 0 aromatic carbocycles. The fraction of sp³-hybridized carbons (Fsp3) is 0.412. The second kappa shape index (κ2) is 5.48. The smallest absolute Gasteiger partial charge is 0.157 e. The summed E-state index contributed by atoms with van der Waals surface area (Å²) in [6.45, 7) is 2.90. The minimum atomic E-state index is 0.487. The molecule has 1 aliphatic carbocycles. The monoisotopic (exact) mass is 312 g/mol. The number of fused-ring (bicyclic) bond motifs is 2. The SMILES string of the molecule is Cc1nn(C)c2ncc(CNC3CCCc4sccc43)cc12. The number of thiophene rings is 1. The van der Waals surface area contributed by atoms with Gasteiger partial charge in [0.1, 0.15) is 0 Å². The Labute approximate surface area is 134 Å². The van der Waals surface area contributed by atoms with Crippen LogP contribution in [0.5, 0.6) is 0 Å². The van der Waals surface area contributed by atoms with Gasteiger partial charge in [-0.3, -0.25) is 4.68 Å². The molecule has 3 aromatic rings. The predicted octanol–water partition coefficient (Wildman–Crippen LogP) is 3.51. The van der Waals surface area contributed by atoms with E-state index in [-0.39, 0.29) is 0 Å². The molecule has 3 heterocycles. The van der Waals surface area contributed by atoms with Gasteiger partial charge in [-0.15, -0.1) is 11.3 Å². The molecule has 1 unspecified atom stereocenters. The summed E-state index contributed by atoms with van der Waals surface area (Å²) in [4.78, 5) is 6.12. The fourth-order valence-electron chi connectivity index (χ4n) is 3.39. The van der Waals surface area contributed by atoms with Crippen LogP contribution >= 0.6 is 11.3 Å². The summed E-state index contributed by atoms with van der Waals surface area (Å²) < 4.78 is 1.85. The highest BCUT2D eigenvalue weighted by Crippen LogP contribution is 2.33. The van der Waals surface area contributed by atoms with E-state index in [1.807, 2.05) is 36.2 Å². The molecule has 0 radical (unpaired) electrons. The van der Waals surface area contributed by atoms with Crippen molar-refractivity contribution in [3.8, 4) is 0 Å². The molecule has 4 nitrogen and oxygen atoms in total. The van der Waals surface area contributed by atoms with E-state index in [1.165, 1.54) is 30.4 Å². The van der Waals surface area contributed by atoms with Crippen LogP contribution in [0.1, 0.15) is 40.6 Å². The Kier molecular flexibility index (Phi) is 3.47. The molecule has 0 amide bonds. The number of aryl methyl sites for hydroxylation is 3. The van der Waals surface area contributed by atoms with E-state index in [0.717, 1.165) is 23.3 Å². The zero-order chi connectivity index (χ0) is 15.1. The number of aromatic nitrogens is 3. The first kappa shape index (κ1) is 13.9. The van der Waals surface area contributed by atoms with Gasteiger partial charge in [-0.25, -0.2) is 4.98 Å². The van der Waals surface area contributed by atoms with Gasteiger partial charge in [0.15, 0.2) is 5.65 Å². The van der Waals surface area contributed by atoms with Gasteiger partial charge in [-0.05, 0) is 54.8 Å². The van der Waals surface area contributed by atoms with Gasteiger partial charge in [0, 0.05) is 36.1 Å². The molecule has 0 spiro atoms. The van der Waals surface area contributed by atoms with Gasteiger partial charge in [0.05, 0.1) is 5.69 Å². The number of hydrogen-bond donors (Lipinski definition) is 1. The first-order chi connectivity index (χ1) is 10.7. The fourth-order valence-corrected chi connectivity index (χ4v) is 4.37. The van der Waals surface area contributed by atoms with E-state index in [0.29, 0.717) is 6.04 Å². The van der Waals surface area contributed by atoms with Crippen molar-refractivity contribution in [3.05, 3.63) is 45.4 Å². The highest BCUT2D eigenvalue weighted by atomic mass is 32.1. The molecular formula is C17H20N4S. The number of nitrogens with zero attached hydrogens (tertiary/aromatic N) is 3. The summed E-state index contributed by atoms with van der Waals surface area (Å²) in [7, 11) is 1.94. The van der Waals surface area contributed by atoms with Gasteiger partial charge in [-0.1, -0.05) is 0 Å². The Morgan fingerprint density at radius 2 is 2.36 bits per heavy atom. The van der Waals surface area contributed by atoms with Crippen molar-refractivity contribution in [2.45, 2.75) is 38.8 Å². The van der Waals surface area contributed by atoms with Gasteiger partial charge in [0.25, 0.3) is 0 Å². The van der Waals surface area contributed by atoms with E-state index in [2.05, 4.69) is 32.9 Å². The number of pyridine rings is 1. The standard InChI is InChI=1S/C17H20N4S/c1-11-14-8-12(10-19-17(14)21(2)20-11)9-18-15-4-3-5-16-13(15)6-7-22-16/h6-8,10,15,18H,3-5,9H2,1-2H3. The van der Waals surface area contributed by atoms with E-state index in [4.69, 9.17) is 0 Å². The van der Waals surface area contributed by atoms with Crippen molar-refractivity contribution >= 4 is 22.4 Å². The lowest BCUT2D eigenvalue weighted by Gasteiger charge is -2.23. The summed E-state index contributed by atoms with van der Waals surface area (Å²) >= 11 is 1.89. The Balaban J connectivity index is 1.54. The topological polar surface area (TPSA) is 42.7 Å². The van der Waals surface area contributed by atoms with Crippen LogP contribution < -0.4 is 5.32 Å². The largest absolute Gasteiger partial charge is 0.306 e.